The largest absolute Gasteiger partial charge is 0.164 e. The van der Waals surface area contributed by atoms with Gasteiger partial charge in [0.2, 0.25) is 0 Å². The second-order valence-corrected chi connectivity index (χ2v) is 26.7. The van der Waals surface area contributed by atoms with Crippen LogP contribution in [0.3, 0.4) is 0 Å². The quantitative estimate of drug-likeness (QED) is 0.109. The van der Waals surface area contributed by atoms with Crippen molar-refractivity contribution in [2.75, 3.05) is 0 Å². The molecular weight excluding hydrogens is 1340 g/mol. The number of hydrogen-bond acceptors (Lipinski definition) is 0. The number of benzene rings is 4. The molecule has 0 aliphatic carbocycles. The van der Waals surface area contributed by atoms with Crippen molar-refractivity contribution < 1.29 is 0 Å². The van der Waals surface area contributed by atoms with E-state index in [0.29, 0.717) is 0 Å². The highest BCUT2D eigenvalue weighted by Gasteiger charge is 2.48. The molecule has 0 nitrogen and oxygen atoms in total. The van der Waals surface area contributed by atoms with Gasteiger partial charge in [-0.25, -0.2) is 0 Å². The van der Waals surface area contributed by atoms with Crippen LogP contribution in [0, 0.1) is 0 Å². The molecule has 13 heteroatoms. The van der Waals surface area contributed by atoms with Gasteiger partial charge in [0.15, 0.2) is 2.14 Å². The summed E-state index contributed by atoms with van der Waals surface area (Å²) in [6.45, 7) is 2.17. The SMILES string of the molecule is CCc1ccc2c(C(Br)(Br)c3c(Br)c(Br)c(Br)c4c(Br)c(C(Br)(Br)C(Br)(Br)Br)c(Br)c(Br)c34)cccc2c1. The molecule has 4 rings (SSSR count). The molecule has 202 valence electrons. The van der Waals surface area contributed by atoms with Crippen LogP contribution in [0.25, 0.3) is 21.5 Å². The fourth-order valence-electron chi connectivity index (χ4n) is 4.20. The molecule has 0 atom stereocenters. The Morgan fingerprint density at radius 3 is 1.76 bits per heavy atom. The molecule has 38 heavy (non-hydrogen) atoms. The Balaban J connectivity index is 2.19. The van der Waals surface area contributed by atoms with Gasteiger partial charge in [-0.15, -0.1) is 0 Å². The van der Waals surface area contributed by atoms with Gasteiger partial charge >= 0.3 is 0 Å². The standard InChI is InChI=1S/C25H11Br13/c1-2-9-6-7-11-10(8-9)4-3-5-12(11)23(32,33)15-13-14(19(28)22(31)20(15)29)17(26)16(21(30)18(13)27)24(34,35)25(36,37)38/h3-8H,2H2,1H3. The van der Waals surface area contributed by atoms with Gasteiger partial charge in [0.1, 0.15) is 6.47 Å². The Morgan fingerprint density at radius 1 is 0.605 bits per heavy atom. The topological polar surface area (TPSA) is 0 Å². The summed E-state index contributed by atoms with van der Waals surface area (Å²) in [4.78, 5) is 0. The molecular formula is C25H11Br13. The van der Waals surface area contributed by atoms with E-state index in [0.717, 1.165) is 66.1 Å². The minimum absolute atomic E-state index is 0.713. The maximum absolute atomic E-state index is 4.12. The highest BCUT2D eigenvalue weighted by Crippen LogP contribution is 2.65. The first-order valence-electron chi connectivity index (χ1n) is 10.5. The van der Waals surface area contributed by atoms with Gasteiger partial charge in [-0.2, -0.15) is 0 Å². The van der Waals surface area contributed by atoms with Gasteiger partial charge in [0, 0.05) is 48.7 Å². The average Bonchev–Trinajstić information content (AvgIpc) is 2.83. The third-order valence-electron chi connectivity index (χ3n) is 6.07. The fraction of sp³-hybridized carbons (Fsp3) is 0.200. The molecule has 0 aliphatic rings. The van der Waals surface area contributed by atoms with Crippen molar-refractivity contribution in [3.05, 3.63) is 85.5 Å². The van der Waals surface area contributed by atoms with Crippen molar-refractivity contribution in [3.8, 4) is 0 Å². The predicted molar refractivity (Wildman–Crippen MR) is 211 cm³/mol. The first-order valence-corrected chi connectivity index (χ1v) is 20.8. The van der Waals surface area contributed by atoms with E-state index in [1.807, 2.05) is 0 Å². The van der Waals surface area contributed by atoms with Crippen molar-refractivity contribution in [2.24, 2.45) is 0 Å². The summed E-state index contributed by atoms with van der Waals surface area (Å²) in [5, 5.41) is 4.31. The number of rotatable bonds is 4. The summed E-state index contributed by atoms with van der Waals surface area (Å²) in [7, 11) is 0. The molecule has 0 aromatic heterocycles. The van der Waals surface area contributed by atoms with Gasteiger partial charge in [0.05, 0.1) is 0 Å². The lowest BCUT2D eigenvalue weighted by Crippen LogP contribution is -2.27. The van der Waals surface area contributed by atoms with E-state index >= 15 is 0 Å². The van der Waals surface area contributed by atoms with Gasteiger partial charge in [0.25, 0.3) is 0 Å². The molecule has 0 heterocycles. The highest BCUT2D eigenvalue weighted by atomic mass is 80.0. The average molecular weight is 1350 g/mol. The van der Waals surface area contributed by atoms with Crippen molar-refractivity contribution >= 4 is 229 Å². The van der Waals surface area contributed by atoms with Crippen LogP contribution < -0.4 is 0 Å². The molecule has 4 aromatic carbocycles. The van der Waals surface area contributed by atoms with Gasteiger partial charge < -0.3 is 0 Å². The predicted octanol–water partition coefficient (Wildman–Crippen LogP) is 15.9. The maximum Gasteiger partial charge on any atom is 0.164 e. The molecule has 4 aromatic rings. The summed E-state index contributed by atoms with van der Waals surface area (Å²) in [6.07, 6.45) is 0.988. The minimum atomic E-state index is -0.771. The van der Waals surface area contributed by atoms with Crippen LogP contribution in [0.1, 0.15) is 29.2 Å². The Hall–Kier alpha value is 3.64. The third-order valence-corrected chi connectivity index (χ3v) is 21.0. The summed E-state index contributed by atoms with van der Waals surface area (Å²) in [5.74, 6) is 0. The number of hydrogen-bond donors (Lipinski definition) is 0. The monoisotopic (exact) mass is 1340 g/mol. The van der Waals surface area contributed by atoms with Crippen LogP contribution >= 0.6 is 207 Å². The molecule has 0 unspecified atom stereocenters. The van der Waals surface area contributed by atoms with Gasteiger partial charge in [-0.05, 0) is 124 Å². The summed E-state index contributed by atoms with van der Waals surface area (Å²) in [6, 6.07) is 13.1. The number of alkyl halides is 7. The van der Waals surface area contributed by atoms with Crippen LogP contribution in [0.5, 0.6) is 0 Å². The second kappa shape index (κ2) is 12.8. The molecule has 0 amide bonds. The lowest BCUT2D eigenvalue weighted by molar-refractivity contribution is 1.00. The third kappa shape index (κ3) is 5.96. The van der Waals surface area contributed by atoms with Gasteiger partial charge in [-0.3, -0.25) is 0 Å². The summed E-state index contributed by atoms with van der Waals surface area (Å²) >= 11 is 50.4. The molecule has 0 spiro atoms. The van der Waals surface area contributed by atoms with Crippen molar-refractivity contribution in [2.45, 2.75) is 22.0 Å². The molecule has 0 fully saturated rings. The Morgan fingerprint density at radius 2 is 1.18 bits per heavy atom. The number of halogens is 13. The first kappa shape index (κ1) is 34.5. The zero-order valence-corrected chi connectivity index (χ0v) is 39.2. The zero-order chi connectivity index (χ0) is 28.5. The minimum Gasteiger partial charge on any atom is -0.0638 e. The smallest absolute Gasteiger partial charge is 0.0638 e. The van der Waals surface area contributed by atoms with Gasteiger partial charge in [-0.1, -0.05) is 155 Å². The van der Waals surface area contributed by atoms with E-state index < -0.39 is 8.61 Å². The second-order valence-electron chi connectivity index (χ2n) is 8.25. The number of aryl methyl sites for hydroxylation is 1. The van der Waals surface area contributed by atoms with Crippen molar-refractivity contribution in [3.63, 3.8) is 0 Å². The van der Waals surface area contributed by atoms with Crippen LogP contribution in [0.15, 0.2) is 63.2 Å². The molecule has 0 saturated carbocycles. The van der Waals surface area contributed by atoms with Crippen LogP contribution in [0.2, 0.25) is 0 Å². The normalized spacial score (nSPS) is 13.1. The highest BCUT2D eigenvalue weighted by molar-refractivity contribution is 9.41. The summed E-state index contributed by atoms with van der Waals surface area (Å²) in [5.41, 5.74) is 4.30. The molecule has 0 radical (unpaired) electrons. The lowest BCUT2D eigenvalue weighted by Gasteiger charge is -2.34. The van der Waals surface area contributed by atoms with E-state index in [-0.39, 0.29) is 0 Å². The summed E-state index contributed by atoms with van der Waals surface area (Å²) < 4.78 is 3.06. The van der Waals surface area contributed by atoms with E-state index in [1.54, 1.807) is 0 Å². The van der Waals surface area contributed by atoms with E-state index in [1.165, 1.54) is 10.9 Å². The Bertz CT molecular complexity index is 1600. The maximum atomic E-state index is 4.12. The van der Waals surface area contributed by atoms with E-state index in [2.05, 4.69) is 250 Å². The van der Waals surface area contributed by atoms with Crippen molar-refractivity contribution in [1.82, 2.24) is 0 Å². The molecule has 0 bridgehead atoms. The molecule has 0 N–H and O–H groups in total. The first-order chi connectivity index (χ1) is 17.5. The fourth-order valence-corrected chi connectivity index (χ4v) is 13.3. The molecule has 0 saturated heterocycles. The lowest BCUT2D eigenvalue weighted by atomic mass is 9.93. The van der Waals surface area contributed by atoms with E-state index in [4.69, 9.17) is 0 Å². The van der Waals surface area contributed by atoms with Crippen LogP contribution in [0.4, 0.5) is 0 Å². The van der Waals surface area contributed by atoms with Crippen LogP contribution in [-0.2, 0) is 12.9 Å². The number of fused-ring (bicyclic) bond motifs is 2. The Kier molecular flexibility index (Phi) is 11.6. The Labute approximate surface area is 330 Å². The van der Waals surface area contributed by atoms with Crippen molar-refractivity contribution in [1.29, 1.82) is 0 Å². The zero-order valence-electron chi connectivity index (χ0n) is 18.6. The van der Waals surface area contributed by atoms with Crippen LogP contribution in [-0.4, -0.2) is 2.14 Å². The van der Waals surface area contributed by atoms with E-state index in [9.17, 15) is 0 Å². The molecule has 0 aliphatic heterocycles.